The maximum atomic E-state index is 12.1. The van der Waals surface area contributed by atoms with E-state index in [9.17, 15) is 4.79 Å². The molecule has 0 fully saturated rings. The number of fused-ring (bicyclic) bond motifs is 1. The van der Waals surface area contributed by atoms with Gasteiger partial charge in [-0.3, -0.25) is 14.7 Å². The lowest BCUT2D eigenvalue weighted by molar-refractivity contribution is -0.122. The maximum absolute atomic E-state index is 12.1. The van der Waals surface area contributed by atoms with Crippen LogP contribution in [0.1, 0.15) is 16.8 Å². The van der Waals surface area contributed by atoms with Gasteiger partial charge in [0.25, 0.3) is 0 Å². The Morgan fingerprint density at radius 1 is 1.27 bits per heavy atom. The average molecular weight is 316 g/mol. The number of carbonyl (C=O) groups excluding carboxylic acids is 1. The number of aromatic nitrogens is 1. The summed E-state index contributed by atoms with van der Waals surface area (Å²) < 4.78 is 0. The monoisotopic (exact) mass is 315 g/mol. The van der Waals surface area contributed by atoms with Gasteiger partial charge < -0.3 is 5.32 Å². The van der Waals surface area contributed by atoms with Crippen molar-refractivity contribution < 1.29 is 4.79 Å². The van der Waals surface area contributed by atoms with Crippen LogP contribution >= 0.6 is 11.6 Å². The molecule has 0 aliphatic carbocycles. The second-order valence-corrected chi connectivity index (χ2v) is 5.84. The topological polar surface area (TPSA) is 45.2 Å². The first-order valence-electron chi connectivity index (χ1n) is 7.37. The molecule has 1 aromatic heterocycles. The van der Waals surface area contributed by atoms with Gasteiger partial charge in [-0.05, 0) is 35.7 Å². The fourth-order valence-electron chi connectivity index (χ4n) is 2.71. The Kier molecular flexibility index (Phi) is 4.71. The molecule has 0 radical (unpaired) electrons. The van der Waals surface area contributed by atoms with Crippen LogP contribution in [0.25, 0.3) is 0 Å². The Labute approximate surface area is 135 Å². The van der Waals surface area contributed by atoms with Crippen LogP contribution in [-0.2, 0) is 24.3 Å². The molecule has 22 heavy (non-hydrogen) atoms. The third-order valence-electron chi connectivity index (χ3n) is 3.85. The Balaban J connectivity index is 1.53. The normalized spacial score (nSPS) is 14.4. The second-order valence-electron chi connectivity index (χ2n) is 5.44. The van der Waals surface area contributed by atoms with Crippen molar-refractivity contribution in [3.8, 4) is 0 Å². The van der Waals surface area contributed by atoms with Gasteiger partial charge >= 0.3 is 0 Å². The molecule has 5 heteroatoms. The van der Waals surface area contributed by atoms with Gasteiger partial charge in [-0.1, -0.05) is 29.8 Å². The Morgan fingerprint density at radius 3 is 3.00 bits per heavy atom. The molecule has 114 valence electrons. The highest BCUT2D eigenvalue weighted by molar-refractivity contribution is 6.31. The van der Waals surface area contributed by atoms with Crippen molar-refractivity contribution in [1.82, 2.24) is 15.2 Å². The Morgan fingerprint density at radius 2 is 2.18 bits per heavy atom. The number of hydrogen-bond donors (Lipinski definition) is 1. The van der Waals surface area contributed by atoms with E-state index in [1.807, 2.05) is 30.3 Å². The Bertz CT molecular complexity index is 660. The van der Waals surface area contributed by atoms with E-state index in [2.05, 4.69) is 21.3 Å². The smallest absolute Gasteiger partial charge is 0.234 e. The Hall–Kier alpha value is -1.91. The van der Waals surface area contributed by atoms with Crippen molar-refractivity contribution in [3.63, 3.8) is 0 Å². The van der Waals surface area contributed by atoms with Gasteiger partial charge in [-0.2, -0.15) is 0 Å². The van der Waals surface area contributed by atoms with Crippen LogP contribution in [0.15, 0.2) is 42.6 Å². The molecule has 3 rings (SSSR count). The van der Waals surface area contributed by atoms with E-state index >= 15 is 0 Å². The number of rotatable bonds is 4. The molecule has 0 bridgehead atoms. The number of halogens is 1. The van der Waals surface area contributed by atoms with Crippen LogP contribution in [0, 0.1) is 0 Å². The number of nitrogens with zero attached hydrogens (tertiary/aromatic N) is 2. The minimum absolute atomic E-state index is 0.0242. The van der Waals surface area contributed by atoms with Gasteiger partial charge in [0.05, 0.1) is 18.8 Å². The zero-order chi connectivity index (χ0) is 15.4. The molecule has 0 atom stereocenters. The van der Waals surface area contributed by atoms with Crippen molar-refractivity contribution in [2.24, 2.45) is 0 Å². The summed E-state index contributed by atoms with van der Waals surface area (Å²) in [4.78, 5) is 18.4. The molecule has 0 spiro atoms. The molecule has 0 saturated carbocycles. The second kappa shape index (κ2) is 6.90. The molecule has 1 aliphatic heterocycles. The summed E-state index contributed by atoms with van der Waals surface area (Å²) in [6.07, 6.45) is 2.62. The highest BCUT2D eigenvalue weighted by atomic mass is 35.5. The lowest BCUT2D eigenvalue weighted by Gasteiger charge is -2.28. The zero-order valence-corrected chi connectivity index (χ0v) is 13.0. The largest absolute Gasteiger partial charge is 0.349 e. The van der Waals surface area contributed by atoms with Crippen LogP contribution in [0.4, 0.5) is 0 Å². The first-order valence-corrected chi connectivity index (χ1v) is 7.75. The summed E-state index contributed by atoms with van der Waals surface area (Å²) in [6.45, 7) is 2.50. The summed E-state index contributed by atoms with van der Waals surface area (Å²) in [5, 5.41) is 3.74. The quantitative estimate of drug-likeness (QED) is 0.942. The molecule has 2 aromatic rings. The lowest BCUT2D eigenvalue weighted by atomic mass is 10.00. The minimum Gasteiger partial charge on any atom is -0.349 e. The standard InChI is InChI=1S/C17H18ClN3O/c18-16-6-3-4-13-11-21(9-7-15(13)16)12-17(22)20-10-14-5-1-2-8-19-14/h1-6,8H,7,9-12H2,(H,20,22). The molecule has 1 aromatic carbocycles. The molecule has 1 aliphatic rings. The van der Waals surface area contributed by atoms with E-state index < -0.39 is 0 Å². The molecule has 1 amide bonds. The summed E-state index contributed by atoms with van der Waals surface area (Å²) >= 11 is 6.21. The zero-order valence-electron chi connectivity index (χ0n) is 12.3. The van der Waals surface area contributed by atoms with Crippen LogP contribution in [0.2, 0.25) is 5.02 Å². The molecule has 1 N–H and O–H groups in total. The van der Waals surface area contributed by atoms with Crippen LogP contribution in [0.5, 0.6) is 0 Å². The predicted octanol–water partition coefficient (Wildman–Crippen LogP) is 2.41. The van der Waals surface area contributed by atoms with Gasteiger partial charge in [0.2, 0.25) is 5.91 Å². The van der Waals surface area contributed by atoms with Crippen molar-refractivity contribution in [2.75, 3.05) is 13.1 Å². The SMILES string of the molecule is O=C(CN1CCc2c(Cl)cccc2C1)NCc1ccccn1. The first kappa shape index (κ1) is 15.0. The highest BCUT2D eigenvalue weighted by Gasteiger charge is 2.19. The molecular weight excluding hydrogens is 298 g/mol. The van der Waals surface area contributed by atoms with E-state index in [1.54, 1.807) is 6.20 Å². The van der Waals surface area contributed by atoms with Gasteiger partial charge in [-0.25, -0.2) is 0 Å². The fourth-order valence-corrected chi connectivity index (χ4v) is 3.00. The van der Waals surface area contributed by atoms with E-state index in [0.29, 0.717) is 13.1 Å². The third-order valence-corrected chi connectivity index (χ3v) is 4.20. The number of carbonyl (C=O) groups is 1. The number of pyridine rings is 1. The third kappa shape index (κ3) is 3.64. The minimum atomic E-state index is 0.0242. The van der Waals surface area contributed by atoms with Crippen molar-refractivity contribution in [2.45, 2.75) is 19.5 Å². The van der Waals surface area contributed by atoms with E-state index in [-0.39, 0.29) is 5.91 Å². The summed E-state index contributed by atoms with van der Waals surface area (Å²) in [5.74, 6) is 0.0242. The van der Waals surface area contributed by atoms with Gasteiger partial charge in [-0.15, -0.1) is 0 Å². The van der Waals surface area contributed by atoms with Crippen LogP contribution < -0.4 is 5.32 Å². The summed E-state index contributed by atoms with van der Waals surface area (Å²) in [7, 11) is 0. The first-order chi connectivity index (χ1) is 10.7. The number of hydrogen-bond acceptors (Lipinski definition) is 3. The molecule has 2 heterocycles. The number of amides is 1. The molecule has 0 unspecified atom stereocenters. The maximum Gasteiger partial charge on any atom is 0.234 e. The average Bonchev–Trinajstić information content (AvgIpc) is 2.54. The van der Waals surface area contributed by atoms with Crippen molar-refractivity contribution in [3.05, 3.63) is 64.4 Å². The lowest BCUT2D eigenvalue weighted by Crippen LogP contribution is -2.39. The number of benzene rings is 1. The number of nitrogens with one attached hydrogen (secondary N) is 1. The van der Waals surface area contributed by atoms with Gasteiger partial charge in [0.15, 0.2) is 0 Å². The van der Waals surface area contributed by atoms with Gasteiger partial charge in [0, 0.05) is 24.3 Å². The van der Waals surface area contributed by atoms with E-state index in [4.69, 9.17) is 11.6 Å². The van der Waals surface area contributed by atoms with E-state index in [0.717, 1.165) is 30.2 Å². The fraction of sp³-hybridized carbons (Fsp3) is 0.294. The van der Waals surface area contributed by atoms with E-state index in [1.165, 1.54) is 11.1 Å². The van der Waals surface area contributed by atoms with Crippen LogP contribution in [0.3, 0.4) is 0 Å². The molecule has 0 saturated heterocycles. The summed E-state index contributed by atoms with van der Waals surface area (Å²) in [5.41, 5.74) is 3.30. The molecular formula is C17H18ClN3O. The van der Waals surface area contributed by atoms with Crippen molar-refractivity contribution in [1.29, 1.82) is 0 Å². The van der Waals surface area contributed by atoms with Gasteiger partial charge in [0.1, 0.15) is 0 Å². The predicted molar refractivity (Wildman–Crippen MR) is 86.5 cm³/mol. The van der Waals surface area contributed by atoms with Crippen LogP contribution in [-0.4, -0.2) is 28.9 Å². The highest BCUT2D eigenvalue weighted by Crippen LogP contribution is 2.25. The molecule has 4 nitrogen and oxygen atoms in total. The summed E-state index contributed by atoms with van der Waals surface area (Å²) in [6, 6.07) is 11.7. The van der Waals surface area contributed by atoms with Crippen molar-refractivity contribution >= 4 is 17.5 Å².